The second-order valence-corrected chi connectivity index (χ2v) is 2.91. The van der Waals surface area contributed by atoms with E-state index in [0.29, 0.717) is 0 Å². The third kappa shape index (κ3) is 5.96. The molecule has 0 saturated carbocycles. The van der Waals surface area contributed by atoms with Crippen molar-refractivity contribution in [1.82, 2.24) is 5.32 Å². The van der Waals surface area contributed by atoms with E-state index in [4.69, 9.17) is 0 Å². The highest BCUT2D eigenvalue weighted by Crippen LogP contribution is 2.01. The number of unbranched alkanes of at least 4 members (excludes halogenated alkanes) is 2. The summed E-state index contributed by atoms with van der Waals surface area (Å²) < 4.78 is 0. The van der Waals surface area contributed by atoms with Crippen LogP contribution in [-0.4, -0.2) is 5.91 Å². The molecule has 0 bridgehead atoms. The van der Waals surface area contributed by atoms with E-state index in [1.165, 1.54) is 12.8 Å². The van der Waals surface area contributed by atoms with Crippen molar-refractivity contribution in [3.05, 3.63) is 11.8 Å². The monoisotopic (exact) mass is 169 g/mol. The van der Waals surface area contributed by atoms with Gasteiger partial charge in [-0.2, -0.15) is 0 Å². The van der Waals surface area contributed by atoms with Crippen molar-refractivity contribution in [2.24, 2.45) is 0 Å². The first-order valence-corrected chi connectivity index (χ1v) is 4.67. The lowest BCUT2D eigenvalue weighted by Gasteiger charge is -2.04. The Balaban J connectivity index is 3.78. The molecule has 0 aromatic carbocycles. The molecule has 0 unspecified atom stereocenters. The summed E-state index contributed by atoms with van der Waals surface area (Å²) in [4.78, 5) is 10.7. The van der Waals surface area contributed by atoms with Crippen molar-refractivity contribution < 1.29 is 4.79 Å². The van der Waals surface area contributed by atoms with Crippen molar-refractivity contribution >= 4 is 5.91 Å². The second-order valence-electron chi connectivity index (χ2n) is 2.91. The highest BCUT2D eigenvalue weighted by molar-refractivity contribution is 5.74. The zero-order valence-corrected chi connectivity index (χ0v) is 8.31. The molecule has 0 aliphatic rings. The minimum Gasteiger partial charge on any atom is -0.330 e. The highest BCUT2D eigenvalue weighted by Gasteiger charge is 1.94. The largest absolute Gasteiger partial charge is 0.330 e. The molecule has 0 aromatic heterocycles. The number of hydrogen-bond acceptors (Lipinski definition) is 1. The topological polar surface area (TPSA) is 29.1 Å². The smallest absolute Gasteiger partial charge is 0.220 e. The predicted octanol–water partition coefficient (Wildman–Crippen LogP) is 2.61. The van der Waals surface area contributed by atoms with E-state index in [2.05, 4.69) is 18.3 Å². The Bertz CT molecular complexity index is 161. The minimum atomic E-state index is 0.0274. The molecule has 0 saturated heterocycles. The predicted molar refractivity (Wildman–Crippen MR) is 51.7 cm³/mol. The third-order valence-corrected chi connectivity index (χ3v) is 1.67. The van der Waals surface area contributed by atoms with E-state index in [1.807, 2.05) is 6.92 Å². The van der Waals surface area contributed by atoms with Crippen LogP contribution in [0.15, 0.2) is 11.8 Å². The van der Waals surface area contributed by atoms with Crippen LogP contribution in [0.4, 0.5) is 0 Å². The average molecular weight is 169 g/mol. The third-order valence-electron chi connectivity index (χ3n) is 1.67. The average Bonchev–Trinajstić information content (AvgIpc) is 2.02. The minimum absolute atomic E-state index is 0.0274. The molecule has 2 heteroatoms. The summed E-state index contributed by atoms with van der Waals surface area (Å²) >= 11 is 0. The summed E-state index contributed by atoms with van der Waals surface area (Å²) in [5.41, 5.74) is 1.05. The van der Waals surface area contributed by atoms with Crippen LogP contribution in [0.3, 0.4) is 0 Å². The molecule has 2 nitrogen and oxygen atoms in total. The Kier molecular flexibility index (Phi) is 6.44. The maximum atomic E-state index is 10.7. The molecule has 12 heavy (non-hydrogen) atoms. The van der Waals surface area contributed by atoms with Gasteiger partial charge in [0.15, 0.2) is 0 Å². The molecule has 0 atom stereocenters. The number of nitrogens with one attached hydrogen (secondary N) is 1. The summed E-state index contributed by atoms with van der Waals surface area (Å²) in [5.74, 6) is 0.0274. The van der Waals surface area contributed by atoms with Gasteiger partial charge in [-0.3, -0.25) is 4.79 Å². The molecular formula is C10H19NO. The second kappa shape index (κ2) is 6.89. The van der Waals surface area contributed by atoms with Gasteiger partial charge in [-0.25, -0.2) is 0 Å². The van der Waals surface area contributed by atoms with E-state index in [0.717, 1.165) is 18.5 Å². The van der Waals surface area contributed by atoms with E-state index in [-0.39, 0.29) is 5.91 Å². The van der Waals surface area contributed by atoms with Crippen LogP contribution in [-0.2, 0) is 4.79 Å². The summed E-state index contributed by atoms with van der Waals surface area (Å²) in [6.07, 6.45) is 6.49. The molecule has 0 fully saturated rings. The lowest BCUT2D eigenvalue weighted by Crippen LogP contribution is -2.18. The van der Waals surface area contributed by atoms with Crippen LogP contribution < -0.4 is 5.32 Å². The fourth-order valence-corrected chi connectivity index (χ4v) is 0.990. The number of rotatable bonds is 5. The lowest BCUT2D eigenvalue weighted by molar-refractivity contribution is -0.118. The van der Waals surface area contributed by atoms with E-state index < -0.39 is 0 Å². The number of amides is 1. The van der Waals surface area contributed by atoms with Gasteiger partial charge in [-0.05, 0) is 12.8 Å². The standard InChI is InChI=1S/C10H19NO/c1-4-6-7-8-10(5-2)11-9(3)12/h8H,4-7H2,1-3H3,(H,11,12)/b10-8+. The van der Waals surface area contributed by atoms with Gasteiger partial charge in [0.2, 0.25) is 5.91 Å². The van der Waals surface area contributed by atoms with Gasteiger partial charge >= 0.3 is 0 Å². The van der Waals surface area contributed by atoms with Crippen LogP contribution in [0.25, 0.3) is 0 Å². The fraction of sp³-hybridized carbons (Fsp3) is 0.700. The van der Waals surface area contributed by atoms with Crippen molar-refractivity contribution in [3.8, 4) is 0 Å². The van der Waals surface area contributed by atoms with Gasteiger partial charge in [0.05, 0.1) is 0 Å². The normalized spacial score (nSPS) is 11.4. The van der Waals surface area contributed by atoms with Crippen LogP contribution in [0.2, 0.25) is 0 Å². The number of carbonyl (C=O) groups is 1. The summed E-state index contributed by atoms with van der Waals surface area (Å²) in [6, 6.07) is 0. The molecular weight excluding hydrogens is 150 g/mol. The summed E-state index contributed by atoms with van der Waals surface area (Å²) in [6.45, 7) is 5.76. The van der Waals surface area contributed by atoms with Crippen molar-refractivity contribution in [1.29, 1.82) is 0 Å². The van der Waals surface area contributed by atoms with Gasteiger partial charge in [0.25, 0.3) is 0 Å². The summed E-state index contributed by atoms with van der Waals surface area (Å²) in [7, 11) is 0. The molecule has 0 rings (SSSR count). The van der Waals surface area contributed by atoms with E-state index >= 15 is 0 Å². The van der Waals surface area contributed by atoms with E-state index in [1.54, 1.807) is 6.92 Å². The Morgan fingerprint density at radius 2 is 2.08 bits per heavy atom. The maximum Gasteiger partial charge on any atom is 0.220 e. The molecule has 70 valence electrons. The number of allylic oxidation sites excluding steroid dienone is 2. The SMILES string of the molecule is CCCC/C=C(\CC)NC(C)=O. The van der Waals surface area contributed by atoms with Crippen LogP contribution >= 0.6 is 0 Å². The number of carbonyl (C=O) groups excluding carboxylic acids is 1. The lowest BCUT2D eigenvalue weighted by atomic mass is 10.2. The zero-order valence-electron chi connectivity index (χ0n) is 8.31. The van der Waals surface area contributed by atoms with Crippen LogP contribution in [0, 0.1) is 0 Å². The maximum absolute atomic E-state index is 10.7. The molecule has 0 aliphatic heterocycles. The number of hydrogen-bond donors (Lipinski definition) is 1. The Morgan fingerprint density at radius 1 is 1.42 bits per heavy atom. The van der Waals surface area contributed by atoms with Crippen molar-refractivity contribution in [3.63, 3.8) is 0 Å². The first-order valence-electron chi connectivity index (χ1n) is 4.67. The van der Waals surface area contributed by atoms with Gasteiger partial charge in [-0.15, -0.1) is 0 Å². The highest BCUT2D eigenvalue weighted by atomic mass is 16.1. The fourth-order valence-electron chi connectivity index (χ4n) is 0.990. The first kappa shape index (κ1) is 11.2. The van der Waals surface area contributed by atoms with Crippen LogP contribution in [0.5, 0.6) is 0 Å². The van der Waals surface area contributed by atoms with Crippen molar-refractivity contribution in [2.75, 3.05) is 0 Å². The van der Waals surface area contributed by atoms with Gasteiger partial charge < -0.3 is 5.32 Å². The Labute approximate surface area is 75.0 Å². The molecule has 1 amide bonds. The van der Waals surface area contributed by atoms with Gasteiger partial charge in [0, 0.05) is 12.6 Å². The van der Waals surface area contributed by atoms with E-state index in [9.17, 15) is 4.79 Å². The molecule has 0 heterocycles. The van der Waals surface area contributed by atoms with Crippen LogP contribution in [0.1, 0.15) is 46.5 Å². The van der Waals surface area contributed by atoms with Gasteiger partial charge in [-0.1, -0.05) is 32.8 Å². The molecule has 0 aromatic rings. The quantitative estimate of drug-likeness (QED) is 0.630. The molecule has 0 radical (unpaired) electrons. The molecule has 0 spiro atoms. The summed E-state index contributed by atoms with van der Waals surface area (Å²) in [5, 5.41) is 2.81. The zero-order chi connectivity index (χ0) is 9.40. The first-order chi connectivity index (χ1) is 5.70. The van der Waals surface area contributed by atoms with Crippen molar-refractivity contribution in [2.45, 2.75) is 46.5 Å². The van der Waals surface area contributed by atoms with Gasteiger partial charge in [0.1, 0.15) is 0 Å². The Hall–Kier alpha value is -0.790. The Morgan fingerprint density at radius 3 is 2.50 bits per heavy atom. The molecule has 1 N–H and O–H groups in total. The molecule has 0 aliphatic carbocycles.